The highest BCUT2D eigenvalue weighted by Crippen LogP contribution is 1.81. The molecule has 0 fully saturated rings. The van der Waals surface area contributed by atoms with Crippen molar-refractivity contribution in [3.8, 4) is 0 Å². The van der Waals surface area contributed by atoms with E-state index in [1.54, 1.807) is 27.7 Å². The van der Waals surface area contributed by atoms with E-state index in [1.165, 1.54) is 13.8 Å². The van der Waals surface area contributed by atoms with Gasteiger partial charge in [0.2, 0.25) is 0 Å². The lowest BCUT2D eigenvalue weighted by Gasteiger charge is -1.80. The van der Waals surface area contributed by atoms with E-state index in [0.717, 1.165) is 0 Å². The van der Waals surface area contributed by atoms with Crippen molar-refractivity contribution >= 4 is 11.9 Å². The summed E-state index contributed by atoms with van der Waals surface area (Å²) in [5.41, 5.74) is 0.352. The van der Waals surface area contributed by atoms with Gasteiger partial charge in [0.25, 0.3) is 0 Å². The third kappa shape index (κ3) is 95.7. The van der Waals surface area contributed by atoms with Gasteiger partial charge in [-0.3, -0.25) is 0 Å². The Morgan fingerprint density at radius 2 is 0.800 bits per heavy atom. The van der Waals surface area contributed by atoms with Gasteiger partial charge >= 0.3 is 11.9 Å². The molecule has 0 heterocycles. The number of hydrogen-bond donors (Lipinski definition) is 4. The molecule has 0 amide bonds. The zero-order chi connectivity index (χ0) is 17.5. The smallest absolute Gasteiger partial charge is 0.330 e. The molecule has 0 bridgehead atoms. The van der Waals surface area contributed by atoms with Crippen molar-refractivity contribution < 1.29 is 30.0 Å². The predicted octanol–water partition coefficient (Wildman–Crippen LogP) is 2.07. The SMILES string of the molecule is C=C(C)C(=O)O.C=C(C)C(=O)O.CC(C)O.CC(C)O. The Kier molecular flexibility index (Phi) is 23.2. The lowest BCUT2D eigenvalue weighted by molar-refractivity contribution is -0.133. The van der Waals surface area contributed by atoms with E-state index in [4.69, 9.17) is 20.4 Å². The lowest BCUT2D eigenvalue weighted by Crippen LogP contribution is -1.92. The second-order valence-electron chi connectivity index (χ2n) is 4.36. The maximum Gasteiger partial charge on any atom is 0.330 e. The molecule has 0 unspecified atom stereocenters. The van der Waals surface area contributed by atoms with Crippen molar-refractivity contribution in [2.75, 3.05) is 0 Å². The van der Waals surface area contributed by atoms with Crippen LogP contribution in [0.1, 0.15) is 41.5 Å². The number of carboxylic acids is 2. The summed E-state index contributed by atoms with van der Waals surface area (Å²) >= 11 is 0. The molecule has 0 atom stereocenters. The van der Waals surface area contributed by atoms with E-state index in [1.807, 2.05) is 0 Å². The van der Waals surface area contributed by atoms with Crippen molar-refractivity contribution in [3.05, 3.63) is 24.3 Å². The minimum atomic E-state index is -0.935. The highest BCUT2D eigenvalue weighted by Gasteiger charge is 1.90. The van der Waals surface area contributed by atoms with Gasteiger partial charge in [-0.15, -0.1) is 0 Å². The third-order valence-electron chi connectivity index (χ3n) is 0.730. The fraction of sp³-hybridized carbons (Fsp3) is 0.571. The summed E-state index contributed by atoms with van der Waals surface area (Å²) in [6, 6.07) is 0. The van der Waals surface area contributed by atoms with E-state index in [0.29, 0.717) is 0 Å². The standard InChI is InChI=1S/2C4H6O2.2C3H8O/c2*1-3(2)4(5)6;2*1-3(2)4/h2*1H2,2H3,(H,5,6);2*3-4H,1-2H3. The van der Waals surface area contributed by atoms with Gasteiger partial charge in [0.15, 0.2) is 0 Å². The van der Waals surface area contributed by atoms with Gasteiger partial charge in [-0.1, -0.05) is 13.2 Å². The van der Waals surface area contributed by atoms with Crippen molar-refractivity contribution in [1.29, 1.82) is 0 Å². The van der Waals surface area contributed by atoms with E-state index in [2.05, 4.69) is 13.2 Å². The molecule has 0 rings (SSSR count). The largest absolute Gasteiger partial charge is 0.478 e. The molecule has 0 aromatic carbocycles. The molecule has 0 spiro atoms. The van der Waals surface area contributed by atoms with Crippen LogP contribution < -0.4 is 0 Å². The van der Waals surface area contributed by atoms with Crippen molar-refractivity contribution in [2.24, 2.45) is 0 Å². The van der Waals surface area contributed by atoms with Gasteiger partial charge in [0.1, 0.15) is 0 Å². The normalized spacial score (nSPS) is 8.10. The minimum absolute atomic E-state index is 0.167. The van der Waals surface area contributed by atoms with Crippen LogP contribution >= 0.6 is 0 Å². The topological polar surface area (TPSA) is 115 Å². The van der Waals surface area contributed by atoms with E-state index < -0.39 is 11.9 Å². The molecular formula is C14H28O6. The number of rotatable bonds is 2. The number of carbonyl (C=O) groups is 2. The number of aliphatic carboxylic acids is 2. The van der Waals surface area contributed by atoms with E-state index in [9.17, 15) is 9.59 Å². The summed E-state index contributed by atoms with van der Waals surface area (Å²) in [4.78, 5) is 19.2. The van der Waals surface area contributed by atoms with Crippen LogP contribution in [0, 0.1) is 0 Å². The second-order valence-corrected chi connectivity index (χ2v) is 4.36. The minimum Gasteiger partial charge on any atom is -0.478 e. The fourth-order valence-electron chi connectivity index (χ4n) is 0. The molecule has 6 nitrogen and oxygen atoms in total. The molecule has 0 aromatic heterocycles. The maximum atomic E-state index is 9.60. The molecule has 0 saturated heterocycles. The number of aliphatic hydroxyl groups excluding tert-OH is 2. The summed E-state index contributed by atoms with van der Waals surface area (Å²) in [5.74, 6) is -1.87. The molecular weight excluding hydrogens is 264 g/mol. The third-order valence-corrected chi connectivity index (χ3v) is 0.730. The average Bonchev–Trinajstić information content (AvgIpc) is 2.15. The molecule has 0 aliphatic heterocycles. The van der Waals surface area contributed by atoms with Crippen LogP contribution in [-0.4, -0.2) is 44.6 Å². The number of carboxylic acid groups (broad SMARTS) is 2. The predicted molar refractivity (Wildman–Crippen MR) is 79.6 cm³/mol. The molecule has 0 aliphatic rings. The molecule has 0 radical (unpaired) electrons. The molecule has 20 heavy (non-hydrogen) atoms. The lowest BCUT2D eigenvalue weighted by atomic mass is 10.4. The Labute approximate surface area is 121 Å². The fourth-order valence-corrected chi connectivity index (χ4v) is 0. The van der Waals surface area contributed by atoms with Gasteiger partial charge in [-0.2, -0.15) is 0 Å². The first kappa shape index (κ1) is 26.8. The van der Waals surface area contributed by atoms with Crippen LogP contribution in [0.25, 0.3) is 0 Å². The molecule has 0 aliphatic carbocycles. The van der Waals surface area contributed by atoms with Gasteiger partial charge in [-0.25, -0.2) is 9.59 Å². The maximum absolute atomic E-state index is 9.60. The molecule has 0 saturated carbocycles. The van der Waals surface area contributed by atoms with Crippen LogP contribution in [0.4, 0.5) is 0 Å². The average molecular weight is 292 g/mol. The number of hydrogen-bond acceptors (Lipinski definition) is 4. The van der Waals surface area contributed by atoms with Crippen molar-refractivity contribution in [3.63, 3.8) is 0 Å². The Morgan fingerprint density at radius 3 is 0.800 bits per heavy atom. The number of aliphatic hydroxyl groups is 2. The molecule has 0 aromatic rings. The summed E-state index contributed by atoms with van der Waals surface area (Å²) < 4.78 is 0. The quantitative estimate of drug-likeness (QED) is 0.579. The molecule has 4 N–H and O–H groups in total. The zero-order valence-electron chi connectivity index (χ0n) is 13.2. The summed E-state index contributed by atoms with van der Waals surface area (Å²) in [6.07, 6.45) is -0.333. The van der Waals surface area contributed by atoms with Crippen LogP contribution in [0.3, 0.4) is 0 Å². The Balaban J connectivity index is -0.0000000871. The Hall–Kier alpha value is -1.66. The Morgan fingerprint density at radius 1 is 0.750 bits per heavy atom. The van der Waals surface area contributed by atoms with Crippen LogP contribution in [-0.2, 0) is 9.59 Å². The van der Waals surface area contributed by atoms with Gasteiger partial charge < -0.3 is 20.4 Å². The van der Waals surface area contributed by atoms with Crippen molar-refractivity contribution in [2.45, 2.75) is 53.8 Å². The first-order valence-electron chi connectivity index (χ1n) is 5.89. The first-order valence-corrected chi connectivity index (χ1v) is 5.89. The second kappa shape index (κ2) is 17.3. The molecule has 6 heteroatoms. The van der Waals surface area contributed by atoms with Crippen LogP contribution in [0.5, 0.6) is 0 Å². The molecule has 120 valence electrons. The van der Waals surface area contributed by atoms with Gasteiger partial charge in [0, 0.05) is 23.4 Å². The van der Waals surface area contributed by atoms with E-state index in [-0.39, 0.29) is 23.4 Å². The summed E-state index contributed by atoms with van der Waals surface area (Å²) in [7, 11) is 0. The summed E-state index contributed by atoms with van der Waals surface area (Å²) in [5, 5.41) is 31.9. The Bertz CT molecular complexity index is 233. The van der Waals surface area contributed by atoms with E-state index >= 15 is 0 Å². The monoisotopic (exact) mass is 292 g/mol. The zero-order valence-corrected chi connectivity index (χ0v) is 13.2. The highest BCUT2D eigenvalue weighted by atomic mass is 16.4. The van der Waals surface area contributed by atoms with Crippen LogP contribution in [0.2, 0.25) is 0 Å². The van der Waals surface area contributed by atoms with Gasteiger partial charge in [-0.05, 0) is 41.5 Å². The van der Waals surface area contributed by atoms with Crippen LogP contribution in [0.15, 0.2) is 24.3 Å². The highest BCUT2D eigenvalue weighted by molar-refractivity contribution is 5.85. The van der Waals surface area contributed by atoms with Gasteiger partial charge in [0.05, 0.1) is 0 Å². The van der Waals surface area contributed by atoms with Crippen molar-refractivity contribution in [1.82, 2.24) is 0 Å². The first-order chi connectivity index (χ1) is 8.75. The summed E-state index contributed by atoms with van der Waals surface area (Å²) in [6.45, 7) is 16.1.